The average molecular weight is 246 g/mol. The van der Waals surface area contributed by atoms with Crippen LogP contribution in [0.4, 0.5) is 0 Å². The first-order valence-corrected chi connectivity index (χ1v) is 7.52. The molecular weight excluding hydrogens is 220 g/mol. The van der Waals surface area contributed by atoms with E-state index in [-0.39, 0.29) is 0 Å². The largest absolute Gasteiger partial charge is 0.314 e. The Hall–Kier alpha value is -0.890. The van der Waals surface area contributed by atoms with Crippen LogP contribution in [0.3, 0.4) is 0 Å². The van der Waals surface area contributed by atoms with E-state index in [1.807, 2.05) is 6.20 Å². The Kier molecular flexibility index (Phi) is 5.18. The van der Waals surface area contributed by atoms with Crippen molar-refractivity contribution in [1.82, 2.24) is 10.3 Å². The van der Waals surface area contributed by atoms with Crippen LogP contribution in [-0.2, 0) is 6.42 Å². The van der Waals surface area contributed by atoms with E-state index in [0.29, 0.717) is 12.0 Å². The van der Waals surface area contributed by atoms with Gasteiger partial charge in [-0.2, -0.15) is 0 Å². The average Bonchev–Trinajstić information content (AvgIpc) is 2.82. The topological polar surface area (TPSA) is 24.9 Å². The monoisotopic (exact) mass is 246 g/mol. The van der Waals surface area contributed by atoms with E-state index in [0.717, 1.165) is 6.54 Å². The number of fused-ring (bicyclic) bond motifs is 1. The highest BCUT2D eigenvalue weighted by atomic mass is 14.9. The zero-order valence-corrected chi connectivity index (χ0v) is 11.8. The molecule has 0 bridgehead atoms. The summed E-state index contributed by atoms with van der Waals surface area (Å²) < 4.78 is 0. The van der Waals surface area contributed by atoms with Crippen molar-refractivity contribution >= 4 is 0 Å². The molecule has 0 fully saturated rings. The highest BCUT2D eigenvalue weighted by Crippen LogP contribution is 2.34. The Labute approximate surface area is 111 Å². The van der Waals surface area contributed by atoms with Crippen molar-refractivity contribution in [2.24, 2.45) is 0 Å². The Morgan fingerprint density at radius 1 is 1.44 bits per heavy atom. The number of nitrogens with one attached hydrogen (secondary N) is 1. The van der Waals surface area contributed by atoms with Gasteiger partial charge in [-0.3, -0.25) is 4.98 Å². The maximum atomic E-state index is 4.59. The molecule has 1 aromatic heterocycles. The minimum absolute atomic E-state index is 0.692. The number of nitrogens with zero attached hydrogens (tertiary/aromatic N) is 1. The van der Waals surface area contributed by atoms with Gasteiger partial charge in [0.1, 0.15) is 0 Å². The summed E-state index contributed by atoms with van der Waals surface area (Å²) in [5.74, 6) is 0.707. The Bertz CT molecular complexity index is 362. The van der Waals surface area contributed by atoms with Crippen molar-refractivity contribution in [3.8, 4) is 0 Å². The van der Waals surface area contributed by atoms with E-state index in [4.69, 9.17) is 0 Å². The van der Waals surface area contributed by atoms with Crippen LogP contribution in [0.25, 0.3) is 0 Å². The third kappa shape index (κ3) is 3.32. The summed E-state index contributed by atoms with van der Waals surface area (Å²) in [6.45, 7) is 5.67. The standard InChI is InChI=1S/C16H26N2/c1-3-11-17-15(4-2)10-9-14-8-7-13-6-5-12-18-16(13)14/h5-6,12,14-15,17H,3-4,7-11H2,1-2H3. The molecule has 0 spiro atoms. The minimum Gasteiger partial charge on any atom is -0.314 e. The number of hydrogen-bond acceptors (Lipinski definition) is 2. The van der Waals surface area contributed by atoms with Gasteiger partial charge < -0.3 is 5.32 Å². The zero-order valence-electron chi connectivity index (χ0n) is 11.8. The smallest absolute Gasteiger partial charge is 0.0466 e. The summed E-state index contributed by atoms with van der Waals surface area (Å²) in [7, 11) is 0. The molecule has 0 saturated carbocycles. The number of rotatable bonds is 7. The van der Waals surface area contributed by atoms with Crippen LogP contribution < -0.4 is 5.32 Å². The lowest BCUT2D eigenvalue weighted by Crippen LogP contribution is -2.29. The summed E-state index contributed by atoms with van der Waals surface area (Å²) in [6.07, 6.45) is 9.52. The van der Waals surface area contributed by atoms with E-state index in [1.165, 1.54) is 49.8 Å². The molecule has 0 aromatic carbocycles. The van der Waals surface area contributed by atoms with E-state index in [2.05, 4.69) is 36.3 Å². The molecule has 18 heavy (non-hydrogen) atoms. The summed E-state index contributed by atoms with van der Waals surface area (Å²) in [5, 5.41) is 3.65. The fraction of sp³-hybridized carbons (Fsp3) is 0.688. The third-order valence-electron chi connectivity index (χ3n) is 4.11. The predicted molar refractivity (Wildman–Crippen MR) is 76.9 cm³/mol. The van der Waals surface area contributed by atoms with Gasteiger partial charge in [0.05, 0.1) is 0 Å². The first kappa shape index (κ1) is 13.5. The maximum Gasteiger partial charge on any atom is 0.0466 e. The molecule has 2 rings (SSSR count). The number of hydrogen-bond donors (Lipinski definition) is 1. The quantitative estimate of drug-likeness (QED) is 0.794. The SMILES string of the molecule is CCCNC(CC)CCC1CCc2cccnc21. The Morgan fingerprint density at radius 3 is 3.11 bits per heavy atom. The van der Waals surface area contributed by atoms with Crippen molar-refractivity contribution in [1.29, 1.82) is 0 Å². The van der Waals surface area contributed by atoms with Gasteiger partial charge in [-0.15, -0.1) is 0 Å². The van der Waals surface area contributed by atoms with Gasteiger partial charge in [-0.25, -0.2) is 0 Å². The molecule has 100 valence electrons. The molecule has 0 radical (unpaired) electrons. The number of pyridine rings is 1. The normalized spacial score (nSPS) is 19.8. The lowest BCUT2D eigenvalue weighted by atomic mass is 9.96. The second-order valence-electron chi connectivity index (χ2n) is 5.42. The summed E-state index contributed by atoms with van der Waals surface area (Å²) in [4.78, 5) is 4.59. The fourth-order valence-electron chi connectivity index (χ4n) is 2.98. The molecule has 1 aromatic rings. The van der Waals surface area contributed by atoms with Crippen LogP contribution in [0.5, 0.6) is 0 Å². The summed E-state index contributed by atoms with van der Waals surface area (Å²) >= 11 is 0. The molecule has 1 aliphatic carbocycles. The van der Waals surface area contributed by atoms with Crippen LogP contribution in [0.1, 0.15) is 63.1 Å². The predicted octanol–water partition coefficient (Wildman–Crippen LogP) is 3.67. The van der Waals surface area contributed by atoms with E-state index in [1.54, 1.807) is 0 Å². The third-order valence-corrected chi connectivity index (χ3v) is 4.11. The lowest BCUT2D eigenvalue weighted by Gasteiger charge is -2.18. The molecule has 2 atom stereocenters. The van der Waals surface area contributed by atoms with Crippen molar-refractivity contribution < 1.29 is 0 Å². The Balaban J connectivity index is 1.84. The molecule has 0 amide bonds. The van der Waals surface area contributed by atoms with Crippen LogP contribution in [-0.4, -0.2) is 17.6 Å². The molecular formula is C16H26N2. The van der Waals surface area contributed by atoms with Crippen LogP contribution in [0.15, 0.2) is 18.3 Å². The van der Waals surface area contributed by atoms with E-state index >= 15 is 0 Å². The van der Waals surface area contributed by atoms with Gasteiger partial charge in [-0.05, 0) is 56.7 Å². The second-order valence-corrected chi connectivity index (χ2v) is 5.42. The molecule has 1 N–H and O–H groups in total. The molecule has 1 heterocycles. The first-order chi connectivity index (χ1) is 8.85. The zero-order chi connectivity index (χ0) is 12.8. The molecule has 2 nitrogen and oxygen atoms in total. The van der Waals surface area contributed by atoms with E-state index in [9.17, 15) is 0 Å². The second kappa shape index (κ2) is 6.89. The van der Waals surface area contributed by atoms with E-state index < -0.39 is 0 Å². The summed E-state index contributed by atoms with van der Waals surface area (Å²) in [6, 6.07) is 5.01. The maximum absolute atomic E-state index is 4.59. The Morgan fingerprint density at radius 2 is 2.33 bits per heavy atom. The first-order valence-electron chi connectivity index (χ1n) is 7.52. The van der Waals surface area contributed by atoms with Crippen molar-refractivity contribution in [2.75, 3.05) is 6.54 Å². The molecule has 0 saturated heterocycles. The van der Waals surface area contributed by atoms with Gasteiger partial charge >= 0.3 is 0 Å². The molecule has 2 heteroatoms. The molecule has 0 aliphatic heterocycles. The van der Waals surface area contributed by atoms with Crippen molar-refractivity contribution in [3.63, 3.8) is 0 Å². The minimum atomic E-state index is 0.692. The van der Waals surface area contributed by atoms with Crippen LogP contribution in [0.2, 0.25) is 0 Å². The fourth-order valence-corrected chi connectivity index (χ4v) is 2.98. The highest BCUT2D eigenvalue weighted by Gasteiger charge is 2.23. The van der Waals surface area contributed by atoms with Crippen molar-refractivity contribution in [2.45, 2.75) is 64.3 Å². The number of aryl methyl sites for hydroxylation is 1. The van der Waals surface area contributed by atoms with Crippen LogP contribution in [0, 0.1) is 0 Å². The van der Waals surface area contributed by atoms with Gasteiger partial charge in [0, 0.05) is 23.9 Å². The summed E-state index contributed by atoms with van der Waals surface area (Å²) in [5.41, 5.74) is 2.86. The molecule has 2 unspecified atom stereocenters. The lowest BCUT2D eigenvalue weighted by molar-refractivity contribution is 0.431. The van der Waals surface area contributed by atoms with Gasteiger partial charge in [0.2, 0.25) is 0 Å². The molecule has 1 aliphatic rings. The van der Waals surface area contributed by atoms with Crippen molar-refractivity contribution in [3.05, 3.63) is 29.6 Å². The van der Waals surface area contributed by atoms with Gasteiger partial charge in [0.15, 0.2) is 0 Å². The van der Waals surface area contributed by atoms with Crippen LogP contribution >= 0.6 is 0 Å². The highest BCUT2D eigenvalue weighted by molar-refractivity contribution is 5.28. The van der Waals surface area contributed by atoms with Gasteiger partial charge in [-0.1, -0.05) is 19.9 Å². The number of aromatic nitrogens is 1. The van der Waals surface area contributed by atoms with Gasteiger partial charge in [0.25, 0.3) is 0 Å².